The zero-order chi connectivity index (χ0) is 8.85. The third-order valence-corrected chi connectivity index (χ3v) is 1.86. The SMILES string of the molecule is [CH2]/C=C/C(O)C(CC)C(C)O. The molecule has 0 aliphatic heterocycles. The van der Waals surface area contributed by atoms with Gasteiger partial charge in [-0.15, -0.1) is 0 Å². The van der Waals surface area contributed by atoms with Crippen molar-refractivity contribution in [3.8, 4) is 0 Å². The van der Waals surface area contributed by atoms with Crippen LogP contribution < -0.4 is 0 Å². The van der Waals surface area contributed by atoms with E-state index < -0.39 is 12.2 Å². The molecular weight excluding hydrogens is 140 g/mol. The standard InChI is InChI=1S/C9H17O2/c1-4-6-9(11)8(5-2)7(3)10/h4,6-11H,1,5H2,2-3H3/b6-4+. The summed E-state index contributed by atoms with van der Waals surface area (Å²) < 4.78 is 0. The van der Waals surface area contributed by atoms with Gasteiger partial charge in [0, 0.05) is 5.92 Å². The van der Waals surface area contributed by atoms with Crippen molar-refractivity contribution in [1.29, 1.82) is 0 Å². The van der Waals surface area contributed by atoms with Gasteiger partial charge >= 0.3 is 0 Å². The second kappa shape index (κ2) is 5.33. The van der Waals surface area contributed by atoms with Crippen molar-refractivity contribution >= 4 is 0 Å². The molecule has 3 atom stereocenters. The fourth-order valence-electron chi connectivity index (χ4n) is 1.15. The van der Waals surface area contributed by atoms with Crippen molar-refractivity contribution in [3.05, 3.63) is 19.1 Å². The van der Waals surface area contributed by atoms with Gasteiger partial charge in [0.1, 0.15) is 0 Å². The summed E-state index contributed by atoms with van der Waals surface area (Å²) >= 11 is 0. The average molecular weight is 157 g/mol. The van der Waals surface area contributed by atoms with Crippen LogP contribution in [0.5, 0.6) is 0 Å². The minimum atomic E-state index is -0.572. The highest BCUT2D eigenvalue weighted by atomic mass is 16.3. The molecule has 2 N–H and O–H groups in total. The van der Waals surface area contributed by atoms with Gasteiger partial charge in [-0.1, -0.05) is 19.1 Å². The first-order chi connectivity index (χ1) is 5.13. The summed E-state index contributed by atoms with van der Waals surface area (Å²) in [6.45, 7) is 7.11. The van der Waals surface area contributed by atoms with Crippen LogP contribution in [0.25, 0.3) is 0 Å². The lowest BCUT2D eigenvalue weighted by Gasteiger charge is -2.21. The summed E-state index contributed by atoms with van der Waals surface area (Å²) in [6.07, 6.45) is 2.88. The van der Waals surface area contributed by atoms with E-state index in [1.807, 2.05) is 6.92 Å². The van der Waals surface area contributed by atoms with Gasteiger partial charge in [-0.3, -0.25) is 0 Å². The van der Waals surface area contributed by atoms with Crippen molar-refractivity contribution in [1.82, 2.24) is 0 Å². The number of aliphatic hydroxyl groups excluding tert-OH is 2. The van der Waals surface area contributed by atoms with Gasteiger partial charge < -0.3 is 10.2 Å². The first-order valence-electron chi connectivity index (χ1n) is 3.95. The van der Waals surface area contributed by atoms with Crippen LogP contribution in [0.4, 0.5) is 0 Å². The Balaban J connectivity index is 4.02. The van der Waals surface area contributed by atoms with Crippen LogP contribution in [0, 0.1) is 12.8 Å². The molecule has 0 saturated heterocycles. The molecule has 0 spiro atoms. The Morgan fingerprint density at radius 2 is 2.00 bits per heavy atom. The summed E-state index contributed by atoms with van der Waals surface area (Å²) in [4.78, 5) is 0. The molecule has 11 heavy (non-hydrogen) atoms. The smallest absolute Gasteiger partial charge is 0.0773 e. The third kappa shape index (κ3) is 3.54. The number of aliphatic hydroxyl groups is 2. The van der Waals surface area contributed by atoms with E-state index in [0.29, 0.717) is 0 Å². The first kappa shape index (κ1) is 10.7. The van der Waals surface area contributed by atoms with E-state index in [4.69, 9.17) is 0 Å². The molecule has 0 saturated carbocycles. The normalized spacial score (nSPS) is 20.1. The minimum absolute atomic E-state index is 0.0759. The van der Waals surface area contributed by atoms with Gasteiger partial charge in [-0.25, -0.2) is 0 Å². The summed E-state index contributed by atoms with van der Waals surface area (Å²) in [7, 11) is 0. The maximum absolute atomic E-state index is 9.39. The van der Waals surface area contributed by atoms with Crippen LogP contribution in [-0.2, 0) is 0 Å². The van der Waals surface area contributed by atoms with Crippen LogP contribution in [0.2, 0.25) is 0 Å². The van der Waals surface area contributed by atoms with Gasteiger partial charge in [0.25, 0.3) is 0 Å². The molecule has 2 nitrogen and oxygen atoms in total. The van der Waals surface area contributed by atoms with E-state index in [0.717, 1.165) is 6.42 Å². The van der Waals surface area contributed by atoms with Crippen LogP contribution in [0.15, 0.2) is 12.2 Å². The Hall–Kier alpha value is -0.340. The van der Waals surface area contributed by atoms with Crippen molar-refractivity contribution in [2.45, 2.75) is 32.5 Å². The summed E-state index contributed by atoms with van der Waals surface area (Å²) in [5.74, 6) is -0.0759. The molecule has 0 aromatic heterocycles. The zero-order valence-corrected chi connectivity index (χ0v) is 7.20. The van der Waals surface area contributed by atoms with E-state index >= 15 is 0 Å². The van der Waals surface area contributed by atoms with E-state index in [1.54, 1.807) is 19.1 Å². The number of allylic oxidation sites excluding steroid dienone is 1. The molecule has 2 heteroatoms. The maximum atomic E-state index is 9.39. The largest absolute Gasteiger partial charge is 0.393 e. The van der Waals surface area contributed by atoms with Crippen molar-refractivity contribution < 1.29 is 10.2 Å². The van der Waals surface area contributed by atoms with E-state index in [9.17, 15) is 10.2 Å². The fourth-order valence-corrected chi connectivity index (χ4v) is 1.15. The quantitative estimate of drug-likeness (QED) is 0.642. The van der Waals surface area contributed by atoms with Gasteiger partial charge in [-0.05, 0) is 20.3 Å². The van der Waals surface area contributed by atoms with Crippen molar-refractivity contribution in [2.75, 3.05) is 0 Å². The molecule has 0 fully saturated rings. The molecule has 0 aliphatic carbocycles. The molecule has 0 amide bonds. The van der Waals surface area contributed by atoms with Crippen LogP contribution in [-0.4, -0.2) is 22.4 Å². The van der Waals surface area contributed by atoms with Gasteiger partial charge in [-0.2, -0.15) is 0 Å². The molecule has 0 rings (SSSR count). The summed E-state index contributed by atoms with van der Waals surface area (Å²) in [6, 6.07) is 0. The third-order valence-electron chi connectivity index (χ3n) is 1.86. The number of hydrogen-bond acceptors (Lipinski definition) is 2. The monoisotopic (exact) mass is 157 g/mol. The Morgan fingerprint density at radius 1 is 1.45 bits per heavy atom. The van der Waals surface area contributed by atoms with Crippen LogP contribution >= 0.6 is 0 Å². The Bertz CT molecular complexity index is 119. The first-order valence-corrected chi connectivity index (χ1v) is 3.95. The van der Waals surface area contributed by atoms with Crippen molar-refractivity contribution in [3.63, 3.8) is 0 Å². The lowest BCUT2D eigenvalue weighted by atomic mass is 9.94. The molecule has 0 aromatic rings. The van der Waals surface area contributed by atoms with E-state index in [-0.39, 0.29) is 5.92 Å². The fraction of sp³-hybridized carbons (Fsp3) is 0.667. The Morgan fingerprint density at radius 3 is 2.27 bits per heavy atom. The predicted octanol–water partition coefficient (Wildman–Crippen LogP) is 1.14. The lowest BCUT2D eigenvalue weighted by Crippen LogP contribution is -2.27. The maximum Gasteiger partial charge on any atom is 0.0773 e. The van der Waals surface area contributed by atoms with Gasteiger partial charge in [0.15, 0.2) is 0 Å². The zero-order valence-electron chi connectivity index (χ0n) is 7.20. The highest BCUT2D eigenvalue weighted by Gasteiger charge is 2.19. The number of hydrogen-bond donors (Lipinski definition) is 2. The molecule has 0 aromatic carbocycles. The molecular formula is C9H17O2. The average Bonchev–Trinajstić information content (AvgIpc) is 1.88. The van der Waals surface area contributed by atoms with E-state index in [1.165, 1.54) is 0 Å². The Kier molecular flexibility index (Phi) is 5.16. The molecule has 0 aliphatic rings. The summed E-state index contributed by atoms with van der Waals surface area (Å²) in [5, 5.41) is 18.6. The topological polar surface area (TPSA) is 40.5 Å². The van der Waals surface area contributed by atoms with Crippen LogP contribution in [0.1, 0.15) is 20.3 Å². The highest BCUT2D eigenvalue weighted by Crippen LogP contribution is 2.14. The van der Waals surface area contributed by atoms with Gasteiger partial charge in [0.2, 0.25) is 0 Å². The molecule has 0 bridgehead atoms. The molecule has 0 heterocycles. The molecule has 3 unspecified atom stereocenters. The molecule has 65 valence electrons. The minimum Gasteiger partial charge on any atom is -0.393 e. The predicted molar refractivity (Wildman–Crippen MR) is 46.0 cm³/mol. The summed E-state index contributed by atoms with van der Waals surface area (Å²) in [5.41, 5.74) is 0. The highest BCUT2D eigenvalue weighted by molar-refractivity contribution is 4.94. The van der Waals surface area contributed by atoms with Crippen LogP contribution in [0.3, 0.4) is 0 Å². The lowest BCUT2D eigenvalue weighted by molar-refractivity contribution is 0.0441. The molecule has 1 radical (unpaired) electrons. The van der Waals surface area contributed by atoms with E-state index in [2.05, 4.69) is 6.92 Å². The van der Waals surface area contributed by atoms with Crippen molar-refractivity contribution in [2.24, 2.45) is 5.92 Å². The number of rotatable bonds is 4. The second-order valence-electron chi connectivity index (χ2n) is 2.73. The Labute approximate surface area is 68.6 Å². The second-order valence-corrected chi connectivity index (χ2v) is 2.73. The van der Waals surface area contributed by atoms with Gasteiger partial charge in [0.05, 0.1) is 12.2 Å².